The first-order valence-electron chi connectivity index (χ1n) is 41.0. The Labute approximate surface area is 682 Å². The second-order valence-corrected chi connectivity index (χ2v) is 34.3. The Morgan fingerprint density at radius 3 is 1.18 bits per heavy atom. The molecule has 554 valence electrons. The molecular weight excluding hydrogens is 1430 g/mol. The molecule has 0 N–H and O–H groups in total. The first-order chi connectivity index (χ1) is 56.9. The van der Waals surface area contributed by atoms with Gasteiger partial charge in [-0.2, -0.15) is 0 Å². The molecule has 6 nitrogen and oxygen atoms in total. The molecule has 8 heteroatoms. The molecule has 0 bridgehead atoms. The van der Waals surface area contributed by atoms with Crippen molar-refractivity contribution in [3.8, 4) is 112 Å². The van der Waals surface area contributed by atoms with Crippen molar-refractivity contribution in [1.82, 2.24) is 19.9 Å². The molecule has 10 unspecified atom stereocenters. The second kappa shape index (κ2) is 26.3. The van der Waals surface area contributed by atoms with Gasteiger partial charge in [0.15, 0.2) is 11.6 Å². The summed E-state index contributed by atoms with van der Waals surface area (Å²) in [7, 11) is -0.372. The van der Waals surface area contributed by atoms with Crippen molar-refractivity contribution in [2.45, 2.75) is 49.7 Å². The van der Waals surface area contributed by atoms with E-state index >= 15 is 0 Å². The van der Waals surface area contributed by atoms with Gasteiger partial charge < -0.3 is 9.31 Å². The van der Waals surface area contributed by atoms with Gasteiger partial charge in [0.2, 0.25) is 0 Å². The average Bonchev–Trinajstić information content (AvgIpc) is 1.50. The average molecular weight is 1510 g/mol. The summed E-state index contributed by atoms with van der Waals surface area (Å²) in [4.78, 5) is 19.3. The molecule has 0 radical (unpaired) electrons. The van der Waals surface area contributed by atoms with Crippen molar-refractivity contribution < 1.29 is 9.31 Å². The predicted molar refractivity (Wildman–Crippen MR) is 475 cm³/mol. The third kappa shape index (κ3) is 10.1. The lowest BCUT2D eigenvalue weighted by atomic mass is 9.61. The van der Waals surface area contributed by atoms with E-state index in [1.54, 1.807) is 6.07 Å². The summed E-state index contributed by atoms with van der Waals surface area (Å²) in [6.45, 7) is 8.59. The SMILES string of the molecule is C1=CC2C3C=CC(c4cc(-c5ccccc5)nc(-c5ccccc5)n4)=CC3C3(c4ccccc4-c4c3cc3c5c(cccc45)-c4ccccc4-3)C2C=C1.CC1(C)OB(C2=CC3C(C=C2)C2C=CC=CC2C32c3ccccc3-c3c2cc2c4c(cccc34)-c3ccccc3-2)OC1(C)C.Clc1cc(-c2ccccc2)nc(-c2ccccc2)n1. The van der Waals surface area contributed by atoms with Gasteiger partial charge in [-0.1, -0.05) is 351 Å². The fraction of sp³-hybridized carbons (Fsp3) is 0.148. The molecule has 2 aromatic heterocycles. The number of allylic oxidation sites excluding steroid dienone is 16. The standard InChI is InChI=1S/C51H34N2.C41H35BO2.C16H11ClN2/c1-3-14-31(15-4-1)46-30-47(53-50(52-46)32-16-5-2-6-17-32)33-26-27-37-36-20-9-11-24-42(36)51(44(37)28-33)43-25-12-10-21-39(43)49-40-23-13-22-38-34-18-7-8-19-35(34)41(48(38)40)29-45(49)51;1-39(2)40(3,4)44-42(43-39)24-20-21-28-27-14-7-9-18-33(27)41(35(28)22-24)34-19-10-8-15-30(34)38-31-17-11-16-29-25-12-5-6-13-26(25)32(37(29)31)23-36(38)41;17-15-11-14(12-7-3-1-4-8-12)18-16(19-15)13-9-5-2-6-10-13/h1-30,36-37,42,44H;5-23,27-28,33,35H,1-4H3;1-11H. The quantitative estimate of drug-likeness (QED) is 0.122. The molecule has 14 aromatic rings. The highest BCUT2D eigenvalue weighted by atomic mass is 35.5. The molecule has 10 atom stereocenters. The molecule has 11 aliphatic rings. The number of nitrogens with zero attached hydrogens (tertiary/aromatic N) is 4. The summed E-state index contributed by atoms with van der Waals surface area (Å²) >= 11 is 6.10. The van der Waals surface area contributed by atoms with Crippen molar-refractivity contribution in [3.63, 3.8) is 0 Å². The van der Waals surface area contributed by atoms with Crippen LogP contribution in [0.15, 0.2) is 370 Å². The Hall–Kier alpha value is -12.5. The summed E-state index contributed by atoms with van der Waals surface area (Å²) in [5.74, 6) is 4.04. The zero-order valence-corrected chi connectivity index (χ0v) is 65.6. The van der Waals surface area contributed by atoms with Crippen molar-refractivity contribution in [3.05, 3.63) is 403 Å². The van der Waals surface area contributed by atoms with E-state index in [9.17, 15) is 0 Å². The summed E-state index contributed by atoms with van der Waals surface area (Å²) in [5.41, 5.74) is 30.3. The van der Waals surface area contributed by atoms with E-state index in [1.165, 1.54) is 111 Å². The lowest BCUT2D eigenvalue weighted by Crippen LogP contribution is -2.41. The molecular formula is C108H80BClN4O2. The molecule has 3 heterocycles. The van der Waals surface area contributed by atoms with Crippen LogP contribution in [-0.4, -0.2) is 38.3 Å². The molecule has 12 aromatic carbocycles. The highest BCUT2D eigenvalue weighted by Crippen LogP contribution is 2.72. The first-order valence-corrected chi connectivity index (χ1v) is 41.4. The van der Waals surface area contributed by atoms with E-state index in [0.29, 0.717) is 46.5 Å². The molecule has 116 heavy (non-hydrogen) atoms. The number of aromatic nitrogens is 4. The third-order valence-electron chi connectivity index (χ3n) is 27.9. The van der Waals surface area contributed by atoms with Gasteiger partial charge in [-0.05, 0) is 215 Å². The first kappa shape index (κ1) is 69.1. The number of halogens is 1. The Kier molecular flexibility index (Phi) is 15.6. The number of hydrogen-bond donors (Lipinski definition) is 0. The molecule has 25 rings (SSSR count). The minimum atomic E-state index is -0.378. The zero-order valence-electron chi connectivity index (χ0n) is 64.8. The van der Waals surface area contributed by atoms with E-state index in [2.05, 4.69) is 329 Å². The van der Waals surface area contributed by atoms with Crippen LogP contribution in [0.2, 0.25) is 5.15 Å². The maximum Gasteiger partial charge on any atom is 0.494 e. The van der Waals surface area contributed by atoms with Crippen molar-refractivity contribution in [2.75, 3.05) is 0 Å². The highest BCUT2D eigenvalue weighted by Gasteiger charge is 2.66. The number of rotatable bonds is 6. The lowest BCUT2D eigenvalue weighted by Gasteiger charge is -2.39. The van der Waals surface area contributed by atoms with Gasteiger partial charge in [0.25, 0.3) is 0 Å². The fourth-order valence-corrected chi connectivity index (χ4v) is 22.6. The smallest absolute Gasteiger partial charge is 0.399 e. The summed E-state index contributed by atoms with van der Waals surface area (Å²) in [6.07, 6.45) is 33.9. The van der Waals surface area contributed by atoms with Crippen LogP contribution in [0, 0.1) is 47.3 Å². The number of hydrogen-bond acceptors (Lipinski definition) is 6. The highest BCUT2D eigenvalue weighted by molar-refractivity contribution is 6.55. The normalized spacial score (nSPS) is 23.9. The fourth-order valence-electron chi connectivity index (χ4n) is 22.5. The second-order valence-electron chi connectivity index (χ2n) is 33.9. The molecule has 2 saturated carbocycles. The zero-order chi connectivity index (χ0) is 77.3. The van der Waals surface area contributed by atoms with Crippen LogP contribution in [0.25, 0.3) is 139 Å². The van der Waals surface area contributed by atoms with E-state index in [4.69, 9.17) is 30.9 Å². The lowest BCUT2D eigenvalue weighted by molar-refractivity contribution is 0.00578. The van der Waals surface area contributed by atoms with E-state index in [0.717, 1.165) is 56.2 Å². The molecule has 3 fully saturated rings. The van der Waals surface area contributed by atoms with Crippen LogP contribution in [-0.2, 0) is 20.1 Å². The largest absolute Gasteiger partial charge is 0.494 e. The van der Waals surface area contributed by atoms with Crippen molar-refractivity contribution in [2.24, 2.45) is 47.3 Å². The van der Waals surface area contributed by atoms with Crippen molar-refractivity contribution in [1.29, 1.82) is 0 Å². The van der Waals surface area contributed by atoms with Gasteiger partial charge in [-0.3, -0.25) is 0 Å². The maximum absolute atomic E-state index is 6.63. The molecule has 10 aliphatic carbocycles. The van der Waals surface area contributed by atoms with Crippen LogP contribution >= 0.6 is 11.6 Å². The van der Waals surface area contributed by atoms with Crippen LogP contribution in [0.5, 0.6) is 0 Å². The van der Waals surface area contributed by atoms with E-state index < -0.39 is 0 Å². The third-order valence-corrected chi connectivity index (χ3v) is 28.1. The Bertz CT molecular complexity index is 6620. The van der Waals surface area contributed by atoms with E-state index in [-0.39, 0.29) is 41.0 Å². The number of benzene rings is 12. The van der Waals surface area contributed by atoms with Gasteiger partial charge in [0.05, 0.1) is 28.3 Å². The Balaban J connectivity index is 0.000000113. The Morgan fingerprint density at radius 2 is 0.690 bits per heavy atom. The molecule has 1 saturated heterocycles. The monoisotopic (exact) mass is 1510 g/mol. The summed E-state index contributed by atoms with van der Waals surface area (Å²) in [5, 5.41) is 6.01. The molecule has 1 aliphatic heterocycles. The van der Waals surface area contributed by atoms with Gasteiger partial charge in [0.1, 0.15) is 5.15 Å². The van der Waals surface area contributed by atoms with Gasteiger partial charge in [0, 0.05) is 39.2 Å². The van der Waals surface area contributed by atoms with Gasteiger partial charge in [-0.25, -0.2) is 19.9 Å². The minimum absolute atomic E-state index is 0.208. The van der Waals surface area contributed by atoms with Gasteiger partial charge >= 0.3 is 7.12 Å². The maximum atomic E-state index is 6.63. The topological polar surface area (TPSA) is 70.0 Å². The van der Waals surface area contributed by atoms with Crippen LogP contribution in [0.4, 0.5) is 0 Å². The molecule has 2 spiro atoms. The number of fused-ring (bicyclic) bond motifs is 28. The summed E-state index contributed by atoms with van der Waals surface area (Å²) in [6, 6.07) is 100. The van der Waals surface area contributed by atoms with Crippen LogP contribution in [0.1, 0.15) is 55.6 Å². The van der Waals surface area contributed by atoms with Crippen LogP contribution < -0.4 is 0 Å². The summed E-state index contributed by atoms with van der Waals surface area (Å²) < 4.78 is 13.3. The van der Waals surface area contributed by atoms with E-state index in [1.807, 2.05) is 66.7 Å². The van der Waals surface area contributed by atoms with Crippen LogP contribution in [0.3, 0.4) is 0 Å². The predicted octanol–water partition coefficient (Wildman–Crippen LogP) is 26.1. The van der Waals surface area contributed by atoms with Gasteiger partial charge in [-0.15, -0.1) is 0 Å². The molecule has 0 amide bonds. The minimum Gasteiger partial charge on any atom is -0.399 e. The Morgan fingerprint density at radius 1 is 0.310 bits per heavy atom. The van der Waals surface area contributed by atoms with Crippen molar-refractivity contribution >= 4 is 45.8 Å².